The van der Waals surface area contributed by atoms with Crippen molar-refractivity contribution in [1.82, 2.24) is 19.9 Å². The summed E-state index contributed by atoms with van der Waals surface area (Å²) >= 11 is 0. The average Bonchev–Trinajstić information content (AvgIpc) is 2.92. The van der Waals surface area contributed by atoms with Crippen molar-refractivity contribution in [2.45, 2.75) is 58.5 Å². The van der Waals surface area contributed by atoms with Gasteiger partial charge in [-0.15, -0.1) is 0 Å². The standard InChI is InChI=1S/C32H34FN5O4S/c1-20-9-6-10-21(2)29(20)26-16-28-36-31(35-26)37-43(40,41)25-13-7-11-22(15-25)30(39)38(18-23-12-8-14-27(33)34-23)24(19-42-28)17-32(3,4)5/h6-16,24H,17-19H2,1-5H3,(H,35,36,37). The van der Waals surface area contributed by atoms with E-state index in [0.717, 1.165) is 16.7 Å². The third-order valence-corrected chi connectivity index (χ3v) is 8.46. The van der Waals surface area contributed by atoms with E-state index in [-0.39, 0.29) is 40.9 Å². The summed E-state index contributed by atoms with van der Waals surface area (Å²) in [6.07, 6.45) is 0.520. The molecule has 0 spiro atoms. The van der Waals surface area contributed by atoms with Gasteiger partial charge in [-0.3, -0.25) is 4.79 Å². The number of carbonyl (C=O) groups is 1. The van der Waals surface area contributed by atoms with Crippen LogP contribution in [0.15, 0.2) is 71.6 Å². The highest BCUT2D eigenvalue weighted by molar-refractivity contribution is 7.92. The molecule has 1 N–H and O–H groups in total. The van der Waals surface area contributed by atoms with Crippen molar-refractivity contribution >= 4 is 21.9 Å². The summed E-state index contributed by atoms with van der Waals surface area (Å²) in [7, 11) is -4.19. The molecule has 0 saturated heterocycles. The molecule has 0 radical (unpaired) electrons. The zero-order valence-electron chi connectivity index (χ0n) is 24.8. The van der Waals surface area contributed by atoms with Gasteiger partial charge >= 0.3 is 0 Å². The number of pyridine rings is 1. The topological polar surface area (TPSA) is 114 Å². The summed E-state index contributed by atoms with van der Waals surface area (Å²) in [5, 5.41) is 0. The van der Waals surface area contributed by atoms with Crippen molar-refractivity contribution < 1.29 is 22.3 Å². The number of hydrogen-bond donors (Lipinski definition) is 1. The van der Waals surface area contributed by atoms with Gasteiger partial charge < -0.3 is 9.64 Å². The van der Waals surface area contributed by atoms with E-state index in [1.54, 1.807) is 23.1 Å². The first kappa shape index (κ1) is 30.1. The molecule has 4 bridgehead atoms. The Kier molecular flexibility index (Phi) is 8.20. The number of ether oxygens (including phenoxy) is 1. The number of hydrogen-bond acceptors (Lipinski definition) is 7. The Bertz CT molecular complexity index is 1770. The van der Waals surface area contributed by atoms with Crippen LogP contribution in [0.4, 0.5) is 10.3 Å². The Morgan fingerprint density at radius 2 is 1.67 bits per heavy atom. The molecule has 1 aliphatic rings. The predicted molar refractivity (Wildman–Crippen MR) is 162 cm³/mol. The van der Waals surface area contributed by atoms with Crippen molar-refractivity contribution in [3.8, 4) is 17.1 Å². The lowest BCUT2D eigenvalue weighted by Crippen LogP contribution is -2.45. The van der Waals surface area contributed by atoms with Gasteiger partial charge in [-0.1, -0.05) is 51.1 Å². The highest BCUT2D eigenvalue weighted by Crippen LogP contribution is 2.31. The SMILES string of the molecule is Cc1cccc(C)c1-c1cc2nc(n1)NS(=O)(=O)c1cccc(c1)C(=O)N(Cc1cccc(F)n1)C(CC(C)(C)C)CO2. The van der Waals surface area contributed by atoms with Gasteiger partial charge in [-0.05, 0) is 67.1 Å². The van der Waals surface area contributed by atoms with Crippen molar-refractivity contribution in [1.29, 1.82) is 0 Å². The summed E-state index contributed by atoms with van der Waals surface area (Å²) in [5.74, 6) is -1.11. The van der Waals surface area contributed by atoms with Crippen LogP contribution in [0.25, 0.3) is 11.3 Å². The summed E-state index contributed by atoms with van der Waals surface area (Å²) in [6.45, 7) is 10.1. The van der Waals surface area contributed by atoms with E-state index in [9.17, 15) is 17.6 Å². The van der Waals surface area contributed by atoms with E-state index in [2.05, 4.69) is 40.4 Å². The van der Waals surface area contributed by atoms with E-state index in [0.29, 0.717) is 17.8 Å². The van der Waals surface area contributed by atoms with Gasteiger partial charge in [0.2, 0.25) is 17.8 Å². The van der Waals surface area contributed by atoms with Crippen LogP contribution in [-0.4, -0.2) is 46.8 Å². The zero-order valence-corrected chi connectivity index (χ0v) is 25.6. The van der Waals surface area contributed by atoms with E-state index in [4.69, 9.17) is 4.74 Å². The van der Waals surface area contributed by atoms with Crippen molar-refractivity contribution in [2.24, 2.45) is 5.41 Å². The molecule has 5 rings (SSSR count). The maximum Gasteiger partial charge on any atom is 0.264 e. The quantitative estimate of drug-likeness (QED) is 0.287. The Balaban J connectivity index is 1.68. The summed E-state index contributed by atoms with van der Waals surface area (Å²) in [5.41, 5.74) is 3.50. The number of nitrogens with zero attached hydrogens (tertiary/aromatic N) is 4. The van der Waals surface area contributed by atoms with Gasteiger partial charge in [0, 0.05) is 17.2 Å². The first-order valence-corrected chi connectivity index (χ1v) is 15.4. The van der Waals surface area contributed by atoms with Gasteiger partial charge in [0.15, 0.2) is 0 Å². The molecule has 0 aliphatic carbocycles. The number of nitrogens with one attached hydrogen (secondary N) is 1. The van der Waals surface area contributed by atoms with Gasteiger partial charge in [-0.2, -0.15) is 9.37 Å². The fourth-order valence-electron chi connectivity index (χ4n) is 5.26. The van der Waals surface area contributed by atoms with Crippen LogP contribution in [0.2, 0.25) is 0 Å². The second-order valence-electron chi connectivity index (χ2n) is 11.9. The Labute approximate surface area is 251 Å². The Hall–Kier alpha value is -4.38. The lowest BCUT2D eigenvalue weighted by atomic mass is 9.87. The third-order valence-electron chi connectivity index (χ3n) is 7.14. The molecule has 4 aromatic rings. The molecular formula is C32H34FN5O4S. The number of fused-ring (bicyclic) bond motifs is 4. The molecule has 0 fully saturated rings. The number of anilines is 1. The van der Waals surface area contributed by atoms with Crippen LogP contribution in [-0.2, 0) is 16.6 Å². The van der Waals surface area contributed by atoms with Crippen LogP contribution in [0.5, 0.6) is 5.88 Å². The molecule has 2 aromatic heterocycles. The van der Waals surface area contributed by atoms with Crippen LogP contribution in [0, 0.1) is 25.2 Å². The van der Waals surface area contributed by atoms with Crippen LogP contribution in [0.3, 0.4) is 0 Å². The molecule has 11 heteroatoms. The summed E-state index contributed by atoms with van der Waals surface area (Å²) in [6, 6.07) is 17.2. The van der Waals surface area contributed by atoms with E-state index in [1.807, 2.05) is 32.0 Å². The minimum absolute atomic E-state index is 0.0153. The van der Waals surface area contributed by atoms with Crippen molar-refractivity contribution in [2.75, 3.05) is 11.3 Å². The molecular weight excluding hydrogens is 569 g/mol. The zero-order chi connectivity index (χ0) is 30.9. The number of rotatable bonds is 4. The summed E-state index contributed by atoms with van der Waals surface area (Å²) in [4.78, 5) is 28.5. The second kappa shape index (κ2) is 11.7. The lowest BCUT2D eigenvalue weighted by molar-refractivity contribution is 0.0508. The van der Waals surface area contributed by atoms with E-state index < -0.39 is 27.9 Å². The molecule has 0 saturated carbocycles. The maximum atomic E-state index is 14.1. The molecule has 1 amide bonds. The van der Waals surface area contributed by atoms with Crippen LogP contribution >= 0.6 is 0 Å². The minimum Gasteiger partial charge on any atom is -0.475 e. The largest absolute Gasteiger partial charge is 0.475 e. The number of carbonyl (C=O) groups excluding carboxylic acids is 1. The predicted octanol–water partition coefficient (Wildman–Crippen LogP) is 5.93. The first-order valence-electron chi connectivity index (χ1n) is 13.9. The van der Waals surface area contributed by atoms with Gasteiger partial charge in [0.1, 0.15) is 6.61 Å². The minimum atomic E-state index is -4.19. The van der Waals surface area contributed by atoms with E-state index >= 15 is 0 Å². The Morgan fingerprint density at radius 3 is 2.37 bits per heavy atom. The van der Waals surface area contributed by atoms with Crippen molar-refractivity contribution in [3.05, 3.63) is 95.1 Å². The smallest absolute Gasteiger partial charge is 0.264 e. The van der Waals surface area contributed by atoms with Crippen molar-refractivity contribution in [3.63, 3.8) is 0 Å². The number of aromatic nitrogens is 3. The molecule has 224 valence electrons. The monoisotopic (exact) mass is 603 g/mol. The second-order valence-corrected chi connectivity index (χ2v) is 13.6. The molecule has 2 aromatic carbocycles. The number of benzene rings is 2. The van der Waals surface area contributed by atoms with Gasteiger partial charge in [0.05, 0.1) is 28.9 Å². The number of sulfonamides is 1. The molecule has 1 atom stereocenters. The maximum absolute atomic E-state index is 14.1. The molecule has 1 aliphatic heterocycles. The van der Waals surface area contributed by atoms with Gasteiger partial charge in [-0.25, -0.2) is 23.1 Å². The lowest BCUT2D eigenvalue weighted by Gasteiger charge is -2.35. The number of amides is 1. The fourth-order valence-corrected chi connectivity index (χ4v) is 6.25. The summed E-state index contributed by atoms with van der Waals surface area (Å²) < 4.78 is 49.8. The first-order chi connectivity index (χ1) is 20.3. The molecule has 1 unspecified atom stereocenters. The molecule has 9 nitrogen and oxygen atoms in total. The number of aryl methyl sites for hydroxylation is 2. The fraction of sp³-hybridized carbons (Fsp3) is 0.312. The molecule has 3 heterocycles. The highest BCUT2D eigenvalue weighted by atomic mass is 32.2. The number of halogens is 1. The average molecular weight is 604 g/mol. The van der Waals surface area contributed by atoms with Gasteiger partial charge in [0.25, 0.3) is 15.9 Å². The normalized spacial score (nSPS) is 16.7. The van der Waals surface area contributed by atoms with Crippen LogP contribution in [0.1, 0.15) is 54.4 Å². The van der Waals surface area contributed by atoms with E-state index in [1.165, 1.54) is 30.3 Å². The molecule has 43 heavy (non-hydrogen) atoms. The highest BCUT2D eigenvalue weighted by Gasteiger charge is 2.32. The van der Waals surface area contributed by atoms with Crippen LogP contribution < -0.4 is 9.46 Å². The third kappa shape index (κ3) is 6.99. The Morgan fingerprint density at radius 1 is 0.977 bits per heavy atom.